The van der Waals surface area contributed by atoms with Crippen LogP contribution in [-0.2, 0) is 44.6 Å². The van der Waals surface area contributed by atoms with E-state index in [-0.39, 0.29) is 37.3 Å². The van der Waals surface area contributed by atoms with Gasteiger partial charge in [0.25, 0.3) is 11.8 Å². The Hall–Kier alpha value is -4.56. The van der Waals surface area contributed by atoms with Crippen LogP contribution in [0.15, 0.2) is 72.8 Å². The van der Waals surface area contributed by atoms with E-state index in [0.29, 0.717) is 11.1 Å². The number of hydrogen-bond acceptors (Lipinski definition) is 6. The van der Waals surface area contributed by atoms with Crippen LogP contribution >= 0.6 is 0 Å². The summed E-state index contributed by atoms with van der Waals surface area (Å²) in [6.45, 7) is 0.115. The number of hydrogen-bond donors (Lipinski definition) is 2. The first-order valence-corrected chi connectivity index (χ1v) is 13.3. The van der Waals surface area contributed by atoms with Crippen molar-refractivity contribution in [3.63, 3.8) is 0 Å². The molecule has 2 saturated heterocycles. The lowest BCUT2D eigenvalue weighted by Gasteiger charge is -2.19. The number of alkyl halides is 6. The van der Waals surface area contributed by atoms with Crippen molar-refractivity contribution in [2.45, 2.75) is 50.4 Å². The maximum Gasteiger partial charge on any atom is 0.416 e. The van der Waals surface area contributed by atoms with E-state index in [4.69, 9.17) is 0 Å². The molecule has 14 heteroatoms. The molecule has 0 aromatic heterocycles. The molecule has 0 bridgehead atoms. The van der Waals surface area contributed by atoms with Crippen LogP contribution in [0.1, 0.15) is 35.1 Å². The second-order valence-electron chi connectivity index (χ2n) is 10.3. The molecular weight excluding hydrogens is 594 g/mol. The molecule has 0 aliphatic carbocycles. The first-order chi connectivity index (χ1) is 20.7. The summed E-state index contributed by atoms with van der Waals surface area (Å²) in [5, 5.41) is 5.79. The number of benzene rings is 3. The molecule has 44 heavy (non-hydrogen) atoms. The van der Waals surface area contributed by atoms with Crippen LogP contribution in [-0.4, -0.2) is 35.7 Å². The van der Waals surface area contributed by atoms with E-state index in [0.717, 1.165) is 34.1 Å². The van der Waals surface area contributed by atoms with Gasteiger partial charge in [0.1, 0.15) is 0 Å². The Bertz CT molecular complexity index is 1450. The summed E-state index contributed by atoms with van der Waals surface area (Å²) in [6.07, 6.45) is -9.28. The van der Waals surface area contributed by atoms with E-state index >= 15 is 0 Å². The number of nitrogens with zero attached hydrogens (tertiary/aromatic N) is 2. The highest BCUT2D eigenvalue weighted by Crippen LogP contribution is 2.31. The largest absolute Gasteiger partial charge is 0.416 e. The number of amides is 4. The number of carbonyl (C=O) groups is 4. The van der Waals surface area contributed by atoms with Crippen LogP contribution in [0.25, 0.3) is 0 Å². The van der Waals surface area contributed by atoms with Crippen molar-refractivity contribution in [2.24, 2.45) is 0 Å². The topological polar surface area (TPSA) is 98.8 Å². The molecule has 4 amide bonds. The smallest absolute Gasteiger partial charge is 0.301 e. The summed E-state index contributed by atoms with van der Waals surface area (Å²) >= 11 is 0. The van der Waals surface area contributed by atoms with Crippen molar-refractivity contribution >= 4 is 35.0 Å². The van der Waals surface area contributed by atoms with Gasteiger partial charge in [0.2, 0.25) is 11.8 Å². The molecule has 8 nitrogen and oxygen atoms in total. The third-order valence-electron chi connectivity index (χ3n) is 7.33. The molecule has 0 saturated carbocycles. The lowest BCUT2D eigenvalue weighted by atomic mass is 10.1. The van der Waals surface area contributed by atoms with Gasteiger partial charge in [0.15, 0.2) is 0 Å². The fourth-order valence-corrected chi connectivity index (χ4v) is 4.98. The third-order valence-corrected chi connectivity index (χ3v) is 7.33. The molecule has 2 heterocycles. The van der Waals surface area contributed by atoms with E-state index in [1.165, 1.54) is 48.5 Å². The molecule has 2 aliphatic rings. The number of carbonyl (C=O) groups excluding carboxylic acids is 4. The molecule has 2 atom stereocenters. The van der Waals surface area contributed by atoms with Crippen LogP contribution in [0.3, 0.4) is 0 Å². The molecule has 0 radical (unpaired) electrons. The Morgan fingerprint density at radius 3 is 1.16 bits per heavy atom. The standard InChI is InChI=1S/C30H24F6N4O4/c31-29(32,33)19-5-1-17(2-6-19)15-37-23-13-25(41)39(27(23)43)21-9-11-22(12-10-21)40-26(42)14-24(28(40)44)38-16-18-3-7-20(8-4-18)30(34,35)36/h1-12,23-24,37-38H,13-16H2/t23-,24-/m1/s1. The van der Waals surface area contributed by atoms with E-state index < -0.39 is 59.2 Å². The Labute approximate surface area is 246 Å². The summed E-state index contributed by atoms with van der Waals surface area (Å²) in [4.78, 5) is 53.2. The zero-order valence-corrected chi connectivity index (χ0v) is 22.7. The number of anilines is 2. The van der Waals surface area contributed by atoms with Crippen molar-refractivity contribution in [3.8, 4) is 0 Å². The van der Waals surface area contributed by atoms with Crippen molar-refractivity contribution in [3.05, 3.63) is 95.1 Å². The summed E-state index contributed by atoms with van der Waals surface area (Å²) in [5.74, 6) is -2.13. The molecule has 5 rings (SSSR count). The number of nitrogens with one attached hydrogen (secondary N) is 2. The molecule has 0 unspecified atom stereocenters. The van der Waals surface area contributed by atoms with Gasteiger partial charge in [-0.2, -0.15) is 26.3 Å². The third kappa shape index (κ3) is 6.50. The van der Waals surface area contributed by atoms with Gasteiger partial charge in [-0.1, -0.05) is 24.3 Å². The highest BCUT2D eigenvalue weighted by molar-refractivity contribution is 6.24. The Morgan fingerprint density at radius 2 is 0.864 bits per heavy atom. The van der Waals surface area contributed by atoms with E-state index in [1.807, 2.05) is 0 Å². The molecule has 230 valence electrons. The normalized spacial score (nSPS) is 19.4. The van der Waals surface area contributed by atoms with Gasteiger partial charge >= 0.3 is 12.4 Å². The maximum absolute atomic E-state index is 13.0. The number of rotatable bonds is 8. The number of halogens is 6. The second kappa shape index (κ2) is 11.8. The van der Waals surface area contributed by atoms with Gasteiger partial charge in [-0.3, -0.25) is 19.2 Å². The van der Waals surface area contributed by atoms with Crippen LogP contribution in [0.5, 0.6) is 0 Å². The summed E-state index contributed by atoms with van der Waals surface area (Å²) in [5.41, 5.74) is -0.200. The van der Waals surface area contributed by atoms with E-state index in [9.17, 15) is 45.5 Å². The van der Waals surface area contributed by atoms with Crippen molar-refractivity contribution < 1.29 is 45.5 Å². The van der Waals surface area contributed by atoms with Gasteiger partial charge in [-0.05, 0) is 59.7 Å². The highest BCUT2D eigenvalue weighted by atomic mass is 19.4. The van der Waals surface area contributed by atoms with Gasteiger partial charge < -0.3 is 10.6 Å². The van der Waals surface area contributed by atoms with Gasteiger partial charge in [-0.25, -0.2) is 9.80 Å². The molecule has 3 aromatic carbocycles. The summed E-state index contributed by atoms with van der Waals surface area (Å²) < 4.78 is 76.7. The lowest BCUT2D eigenvalue weighted by Crippen LogP contribution is -2.39. The van der Waals surface area contributed by atoms with E-state index in [2.05, 4.69) is 10.6 Å². The van der Waals surface area contributed by atoms with Gasteiger partial charge in [-0.15, -0.1) is 0 Å². The van der Waals surface area contributed by atoms with Crippen LogP contribution in [0.2, 0.25) is 0 Å². The Kier molecular flexibility index (Phi) is 8.32. The second-order valence-corrected chi connectivity index (χ2v) is 10.3. The average molecular weight is 619 g/mol. The molecular formula is C30H24F6N4O4. The minimum atomic E-state index is -4.47. The van der Waals surface area contributed by atoms with Crippen LogP contribution in [0, 0.1) is 0 Å². The van der Waals surface area contributed by atoms with Crippen LogP contribution in [0.4, 0.5) is 37.7 Å². The highest BCUT2D eigenvalue weighted by Gasteiger charge is 2.41. The Morgan fingerprint density at radius 1 is 0.545 bits per heavy atom. The maximum atomic E-state index is 13.0. The molecule has 2 fully saturated rings. The van der Waals surface area contributed by atoms with Crippen molar-refractivity contribution in [1.29, 1.82) is 0 Å². The number of imide groups is 2. The molecule has 2 aliphatic heterocycles. The van der Waals surface area contributed by atoms with Crippen LogP contribution < -0.4 is 20.4 Å². The fourth-order valence-electron chi connectivity index (χ4n) is 4.98. The zero-order chi connectivity index (χ0) is 31.8. The van der Waals surface area contributed by atoms with Gasteiger partial charge in [0, 0.05) is 13.1 Å². The predicted octanol–water partition coefficient (Wildman–Crippen LogP) is 4.57. The first-order valence-electron chi connectivity index (χ1n) is 13.3. The van der Waals surface area contributed by atoms with Crippen molar-refractivity contribution in [1.82, 2.24) is 10.6 Å². The summed E-state index contributed by atoms with van der Waals surface area (Å²) in [6, 6.07) is 12.7. The SMILES string of the molecule is O=C1C[C@@H](NCc2ccc(C(F)(F)F)cc2)C(=O)N1c1ccc(N2C(=O)C[C@@H](NCc3ccc(C(F)(F)F)cc3)C2=O)cc1. The first kappa shape index (κ1) is 30.9. The average Bonchev–Trinajstić information content (AvgIpc) is 3.42. The molecule has 2 N–H and O–H groups in total. The molecule has 0 spiro atoms. The quantitative estimate of drug-likeness (QED) is 0.284. The minimum Gasteiger partial charge on any atom is -0.301 e. The van der Waals surface area contributed by atoms with E-state index in [1.54, 1.807) is 0 Å². The molecule has 3 aromatic rings. The zero-order valence-electron chi connectivity index (χ0n) is 22.7. The predicted molar refractivity (Wildman–Crippen MR) is 145 cm³/mol. The van der Waals surface area contributed by atoms with Crippen molar-refractivity contribution in [2.75, 3.05) is 9.80 Å². The lowest BCUT2D eigenvalue weighted by molar-refractivity contribution is -0.138. The Balaban J connectivity index is 1.18. The summed E-state index contributed by atoms with van der Waals surface area (Å²) in [7, 11) is 0. The fraction of sp³-hybridized carbons (Fsp3) is 0.267. The monoisotopic (exact) mass is 618 g/mol. The van der Waals surface area contributed by atoms with Gasteiger partial charge in [0.05, 0.1) is 47.4 Å². The minimum absolute atomic E-state index is 0.0574.